The third-order valence-corrected chi connectivity index (χ3v) is 3.20. The summed E-state index contributed by atoms with van der Waals surface area (Å²) in [7, 11) is 0. The quantitative estimate of drug-likeness (QED) is 0.794. The molecule has 0 saturated carbocycles. The van der Waals surface area contributed by atoms with Gasteiger partial charge in [-0.15, -0.1) is 0 Å². The fraction of sp³-hybridized carbons (Fsp3) is 0.571. The second-order valence-corrected chi connectivity index (χ2v) is 5.00. The Morgan fingerprint density at radius 2 is 1.94 bits per heavy atom. The molecule has 0 bridgehead atoms. The topological polar surface area (TPSA) is 12.0 Å². The van der Waals surface area contributed by atoms with Crippen molar-refractivity contribution in [3.8, 4) is 0 Å². The van der Waals surface area contributed by atoms with Crippen LogP contribution in [-0.2, 0) is 6.42 Å². The van der Waals surface area contributed by atoms with E-state index in [1.165, 1.54) is 12.0 Å². The molecule has 0 aliphatic carbocycles. The molecule has 0 aromatic heterocycles. The minimum atomic E-state index is 0.586. The van der Waals surface area contributed by atoms with Crippen molar-refractivity contribution < 1.29 is 0 Å². The van der Waals surface area contributed by atoms with Crippen LogP contribution in [0.2, 0.25) is 5.02 Å². The number of nitrogens with one attached hydrogen (secondary N) is 1. The van der Waals surface area contributed by atoms with Gasteiger partial charge in [-0.3, -0.25) is 0 Å². The fourth-order valence-corrected chi connectivity index (χ4v) is 2.37. The molecule has 1 aromatic rings. The lowest BCUT2D eigenvalue weighted by molar-refractivity contribution is 0.426. The molecule has 90 valence electrons. The van der Waals surface area contributed by atoms with Gasteiger partial charge in [-0.2, -0.15) is 0 Å². The maximum absolute atomic E-state index is 6.15. The van der Waals surface area contributed by atoms with Gasteiger partial charge >= 0.3 is 0 Å². The molecule has 1 N–H and O–H groups in total. The van der Waals surface area contributed by atoms with Crippen LogP contribution in [0.15, 0.2) is 24.3 Å². The van der Waals surface area contributed by atoms with Crippen LogP contribution in [0.4, 0.5) is 0 Å². The van der Waals surface area contributed by atoms with Crippen molar-refractivity contribution in [2.45, 2.75) is 39.7 Å². The van der Waals surface area contributed by atoms with Crippen molar-refractivity contribution in [3.63, 3.8) is 0 Å². The summed E-state index contributed by atoms with van der Waals surface area (Å²) < 4.78 is 0. The normalized spacial score (nSPS) is 14.8. The van der Waals surface area contributed by atoms with Crippen LogP contribution in [0.1, 0.15) is 32.8 Å². The number of hydrogen-bond acceptors (Lipinski definition) is 1. The third-order valence-electron chi connectivity index (χ3n) is 2.83. The molecular formula is C14H22ClN. The number of benzene rings is 1. The minimum absolute atomic E-state index is 0.586. The Morgan fingerprint density at radius 1 is 1.25 bits per heavy atom. The highest BCUT2D eigenvalue weighted by Gasteiger charge is 2.10. The van der Waals surface area contributed by atoms with Gasteiger partial charge in [-0.05, 0) is 43.9 Å². The van der Waals surface area contributed by atoms with Gasteiger partial charge in [0, 0.05) is 11.1 Å². The van der Waals surface area contributed by atoms with E-state index in [0.717, 1.165) is 18.0 Å². The van der Waals surface area contributed by atoms with Gasteiger partial charge in [0.05, 0.1) is 0 Å². The van der Waals surface area contributed by atoms with E-state index in [1.807, 2.05) is 12.1 Å². The lowest BCUT2D eigenvalue weighted by Gasteiger charge is -2.18. The number of rotatable bonds is 6. The number of hydrogen-bond donors (Lipinski definition) is 1. The lowest BCUT2D eigenvalue weighted by atomic mass is 9.95. The summed E-state index contributed by atoms with van der Waals surface area (Å²) in [5, 5.41) is 4.34. The molecule has 0 spiro atoms. The smallest absolute Gasteiger partial charge is 0.0438 e. The van der Waals surface area contributed by atoms with Gasteiger partial charge in [0.1, 0.15) is 0 Å². The monoisotopic (exact) mass is 239 g/mol. The lowest BCUT2D eigenvalue weighted by Crippen LogP contribution is -2.27. The summed E-state index contributed by atoms with van der Waals surface area (Å²) in [6, 6.07) is 8.72. The maximum Gasteiger partial charge on any atom is 0.0438 e. The minimum Gasteiger partial charge on any atom is -0.315 e. The van der Waals surface area contributed by atoms with Gasteiger partial charge in [-0.25, -0.2) is 0 Å². The Bertz CT molecular complexity index is 311. The third kappa shape index (κ3) is 4.54. The van der Waals surface area contributed by atoms with E-state index in [0.29, 0.717) is 12.0 Å². The second-order valence-electron chi connectivity index (χ2n) is 4.60. The molecular weight excluding hydrogens is 218 g/mol. The van der Waals surface area contributed by atoms with Gasteiger partial charge < -0.3 is 5.32 Å². The highest BCUT2D eigenvalue weighted by Crippen LogP contribution is 2.20. The molecule has 2 atom stereocenters. The Hall–Kier alpha value is -0.530. The van der Waals surface area contributed by atoms with E-state index in [-0.39, 0.29) is 0 Å². The van der Waals surface area contributed by atoms with Crippen LogP contribution >= 0.6 is 11.6 Å². The van der Waals surface area contributed by atoms with E-state index >= 15 is 0 Å². The van der Waals surface area contributed by atoms with Crippen LogP contribution in [0.3, 0.4) is 0 Å². The molecule has 1 nitrogen and oxygen atoms in total. The second kappa shape index (κ2) is 6.93. The van der Waals surface area contributed by atoms with Crippen molar-refractivity contribution in [2.75, 3.05) is 6.54 Å². The summed E-state index contributed by atoms with van der Waals surface area (Å²) in [5.74, 6) is 0.661. The molecule has 0 aliphatic rings. The molecule has 0 heterocycles. The summed E-state index contributed by atoms with van der Waals surface area (Å²) in [6.07, 6.45) is 2.26. The molecule has 1 aromatic carbocycles. The van der Waals surface area contributed by atoms with Crippen LogP contribution in [-0.4, -0.2) is 12.6 Å². The van der Waals surface area contributed by atoms with E-state index in [2.05, 4.69) is 38.2 Å². The zero-order chi connectivity index (χ0) is 12.0. The van der Waals surface area contributed by atoms with Crippen molar-refractivity contribution in [1.29, 1.82) is 0 Å². The standard InChI is InChI=1S/C14H22ClN/c1-4-16-12(3)9-11(2)10-13-7-5-6-8-14(13)15/h5-8,11-12,16H,4,9-10H2,1-3H3. The molecule has 0 amide bonds. The highest BCUT2D eigenvalue weighted by molar-refractivity contribution is 6.31. The summed E-state index contributed by atoms with van der Waals surface area (Å²) >= 11 is 6.15. The SMILES string of the molecule is CCNC(C)CC(C)Cc1ccccc1Cl. The molecule has 0 radical (unpaired) electrons. The van der Waals surface area contributed by atoms with E-state index < -0.39 is 0 Å². The van der Waals surface area contributed by atoms with E-state index in [1.54, 1.807) is 0 Å². The Morgan fingerprint density at radius 3 is 2.56 bits per heavy atom. The molecule has 2 heteroatoms. The van der Waals surface area contributed by atoms with Gasteiger partial charge in [-0.1, -0.05) is 43.6 Å². The largest absolute Gasteiger partial charge is 0.315 e. The van der Waals surface area contributed by atoms with Gasteiger partial charge in [0.2, 0.25) is 0 Å². The van der Waals surface area contributed by atoms with Crippen LogP contribution in [0, 0.1) is 5.92 Å². The first kappa shape index (κ1) is 13.5. The van der Waals surface area contributed by atoms with Gasteiger partial charge in [0.25, 0.3) is 0 Å². The predicted molar refractivity (Wildman–Crippen MR) is 72.1 cm³/mol. The van der Waals surface area contributed by atoms with Crippen molar-refractivity contribution >= 4 is 11.6 Å². The van der Waals surface area contributed by atoms with E-state index in [9.17, 15) is 0 Å². The highest BCUT2D eigenvalue weighted by atomic mass is 35.5. The van der Waals surface area contributed by atoms with Crippen LogP contribution in [0.25, 0.3) is 0 Å². The predicted octanol–water partition coefficient (Wildman–Crippen LogP) is 3.91. The first-order chi connectivity index (χ1) is 7.63. The molecule has 0 saturated heterocycles. The summed E-state index contributed by atoms with van der Waals surface area (Å²) in [5.41, 5.74) is 1.26. The summed E-state index contributed by atoms with van der Waals surface area (Å²) in [4.78, 5) is 0. The van der Waals surface area contributed by atoms with Crippen LogP contribution in [0.5, 0.6) is 0 Å². The van der Waals surface area contributed by atoms with Crippen molar-refractivity contribution in [1.82, 2.24) is 5.32 Å². The van der Waals surface area contributed by atoms with Crippen molar-refractivity contribution in [2.24, 2.45) is 5.92 Å². The first-order valence-electron chi connectivity index (χ1n) is 6.10. The average molecular weight is 240 g/mol. The fourth-order valence-electron chi connectivity index (χ4n) is 2.16. The average Bonchev–Trinajstić information content (AvgIpc) is 2.21. The maximum atomic E-state index is 6.15. The number of halogens is 1. The molecule has 16 heavy (non-hydrogen) atoms. The van der Waals surface area contributed by atoms with Gasteiger partial charge in [0.15, 0.2) is 0 Å². The molecule has 0 fully saturated rings. The Kier molecular flexibility index (Phi) is 5.86. The molecule has 1 rings (SSSR count). The van der Waals surface area contributed by atoms with E-state index in [4.69, 9.17) is 11.6 Å². The first-order valence-corrected chi connectivity index (χ1v) is 6.48. The van der Waals surface area contributed by atoms with Crippen molar-refractivity contribution in [3.05, 3.63) is 34.9 Å². The molecule has 0 aliphatic heterocycles. The van der Waals surface area contributed by atoms with Crippen LogP contribution < -0.4 is 5.32 Å². The Labute approximate surface area is 104 Å². The Balaban J connectivity index is 2.45. The zero-order valence-electron chi connectivity index (χ0n) is 10.5. The molecule has 2 unspecified atom stereocenters. The summed E-state index contributed by atoms with van der Waals surface area (Å²) in [6.45, 7) is 7.72. The zero-order valence-corrected chi connectivity index (χ0v) is 11.2.